The summed E-state index contributed by atoms with van der Waals surface area (Å²) >= 11 is 6.33. The summed E-state index contributed by atoms with van der Waals surface area (Å²) < 4.78 is 36.9. The molecule has 0 amide bonds. The van der Waals surface area contributed by atoms with E-state index in [1.807, 2.05) is 30.3 Å². The van der Waals surface area contributed by atoms with Crippen molar-refractivity contribution in [2.24, 2.45) is 11.3 Å². The van der Waals surface area contributed by atoms with Crippen LogP contribution in [0.2, 0.25) is 5.02 Å². The van der Waals surface area contributed by atoms with Crippen LogP contribution < -0.4 is 4.90 Å². The van der Waals surface area contributed by atoms with Gasteiger partial charge in [0.05, 0.1) is 37.9 Å². The molecule has 4 aliphatic rings. The second-order valence-electron chi connectivity index (χ2n) is 11.2. The Morgan fingerprint density at radius 1 is 1.13 bits per heavy atom. The van der Waals surface area contributed by atoms with E-state index in [2.05, 4.69) is 30.7 Å². The maximum atomic E-state index is 14.9. The van der Waals surface area contributed by atoms with Gasteiger partial charge in [0.15, 0.2) is 5.82 Å². The Labute approximate surface area is 223 Å². The van der Waals surface area contributed by atoms with E-state index in [1.165, 1.54) is 0 Å². The summed E-state index contributed by atoms with van der Waals surface area (Å²) in [6, 6.07) is 13.3. The fraction of sp³-hybridized carbons (Fsp3) is 0.481. The molecule has 3 aliphatic heterocycles. The van der Waals surface area contributed by atoms with E-state index in [1.54, 1.807) is 11.0 Å². The summed E-state index contributed by atoms with van der Waals surface area (Å²) in [6.45, 7) is 2.28. The highest BCUT2D eigenvalue weighted by molar-refractivity contribution is 6.30. The van der Waals surface area contributed by atoms with Gasteiger partial charge in [-0.25, -0.2) is 13.8 Å². The molecule has 5 heterocycles. The number of aromatic nitrogens is 4. The predicted molar refractivity (Wildman–Crippen MR) is 135 cm³/mol. The molecule has 196 valence electrons. The summed E-state index contributed by atoms with van der Waals surface area (Å²) in [4.78, 5) is 8.38. The highest BCUT2D eigenvalue weighted by Gasteiger charge is 2.54. The van der Waals surface area contributed by atoms with E-state index < -0.39 is 11.8 Å². The lowest BCUT2D eigenvalue weighted by Crippen LogP contribution is -2.62. The third-order valence-corrected chi connectivity index (χ3v) is 8.65. The lowest BCUT2D eigenvalue weighted by molar-refractivity contribution is -0.179. The standard InChI is InChI=1S/C27H26ClF2N7O/c28-20-4-5-22-17(6-20)10-35(16-27(29,30)19-12-38-13-19)11-24-33-34-25(37(22)24)18-7-26(8-18)14-36(15-26)23-3-1-2-21(9-31)32-23/h1-6,18-19H,7-8,10-16H2. The van der Waals surface area contributed by atoms with Crippen LogP contribution in [0.4, 0.5) is 14.6 Å². The maximum Gasteiger partial charge on any atom is 0.267 e. The van der Waals surface area contributed by atoms with Gasteiger partial charge in [-0.15, -0.1) is 10.2 Å². The molecule has 0 bridgehead atoms. The van der Waals surface area contributed by atoms with Crippen molar-refractivity contribution >= 4 is 17.4 Å². The Bertz CT molecular complexity index is 1440. The molecule has 1 saturated carbocycles. The van der Waals surface area contributed by atoms with Crippen LogP contribution in [0.3, 0.4) is 0 Å². The molecule has 0 unspecified atom stereocenters. The third-order valence-electron chi connectivity index (χ3n) is 8.42. The van der Waals surface area contributed by atoms with Crippen LogP contribution in [0.1, 0.15) is 41.7 Å². The van der Waals surface area contributed by atoms with Crippen molar-refractivity contribution in [2.75, 3.05) is 37.7 Å². The van der Waals surface area contributed by atoms with Gasteiger partial charge < -0.3 is 9.64 Å². The van der Waals surface area contributed by atoms with Gasteiger partial charge in [0.1, 0.15) is 23.4 Å². The van der Waals surface area contributed by atoms with Crippen molar-refractivity contribution < 1.29 is 13.5 Å². The van der Waals surface area contributed by atoms with E-state index in [9.17, 15) is 8.78 Å². The van der Waals surface area contributed by atoms with Crippen molar-refractivity contribution in [2.45, 2.75) is 37.8 Å². The minimum Gasteiger partial charge on any atom is -0.380 e. The fourth-order valence-electron chi connectivity index (χ4n) is 6.39. The van der Waals surface area contributed by atoms with E-state index in [-0.39, 0.29) is 37.6 Å². The number of hydrogen-bond acceptors (Lipinski definition) is 7. The highest BCUT2D eigenvalue weighted by Crippen LogP contribution is 2.56. The van der Waals surface area contributed by atoms with E-state index in [0.29, 0.717) is 23.1 Å². The minimum atomic E-state index is -2.84. The average molecular weight is 538 g/mol. The average Bonchev–Trinajstić information content (AvgIpc) is 3.11. The number of pyridine rings is 1. The smallest absolute Gasteiger partial charge is 0.267 e. The molecule has 7 rings (SSSR count). The topological polar surface area (TPSA) is 83.1 Å². The van der Waals surface area contributed by atoms with Crippen LogP contribution in [0, 0.1) is 22.7 Å². The van der Waals surface area contributed by atoms with Gasteiger partial charge in [-0.3, -0.25) is 9.47 Å². The monoisotopic (exact) mass is 537 g/mol. The molecule has 11 heteroatoms. The molecule has 0 radical (unpaired) electrons. The Hall–Kier alpha value is -3.13. The first kappa shape index (κ1) is 23.9. The number of rotatable bonds is 5. The van der Waals surface area contributed by atoms with Gasteiger partial charge in [0.25, 0.3) is 5.92 Å². The van der Waals surface area contributed by atoms with E-state index in [4.69, 9.17) is 21.6 Å². The Balaban J connectivity index is 1.11. The van der Waals surface area contributed by atoms with Crippen LogP contribution in [-0.4, -0.2) is 63.4 Å². The molecule has 2 aromatic heterocycles. The zero-order valence-electron chi connectivity index (χ0n) is 20.7. The Kier molecular flexibility index (Phi) is 5.48. The van der Waals surface area contributed by atoms with Crippen LogP contribution >= 0.6 is 11.6 Å². The summed E-state index contributed by atoms with van der Waals surface area (Å²) in [7, 11) is 0. The lowest BCUT2D eigenvalue weighted by atomic mass is 9.57. The van der Waals surface area contributed by atoms with Crippen LogP contribution in [0.5, 0.6) is 0 Å². The van der Waals surface area contributed by atoms with Crippen molar-refractivity contribution in [3.63, 3.8) is 0 Å². The normalized spacial score (nSPS) is 21.1. The lowest BCUT2D eigenvalue weighted by Gasteiger charge is -2.59. The fourth-order valence-corrected chi connectivity index (χ4v) is 6.58. The molecule has 0 atom stereocenters. The quantitative estimate of drug-likeness (QED) is 0.483. The molecule has 8 nitrogen and oxygen atoms in total. The molecular weight excluding hydrogens is 512 g/mol. The van der Waals surface area contributed by atoms with Gasteiger partial charge in [0, 0.05) is 36.0 Å². The predicted octanol–water partition coefficient (Wildman–Crippen LogP) is 4.17. The number of nitriles is 1. The largest absolute Gasteiger partial charge is 0.380 e. The van der Waals surface area contributed by atoms with Crippen molar-refractivity contribution in [3.8, 4) is 11.8 Å². The number of fused-ring (bicyclic) bond motifs is 3. The third kappa shape index (κ3) is 3.96. The van der Waals surface area contributed by atoms with Gasteiger partial charge in [-0.2, -0.15) is 5.26 Å². The number of halogens is 3. The number of benzene rings is 1. The molecule has 1 spiro atoms. The molecule has 3 aromatic rings. The Morgan fingerprint density at radius 3 is 2.68 bits per heavy atom. The molecule has 2 saturated heterocycles. The first-order valence-electron chi connectivity index (χ1n) is 12.9. The molecule has 1 aromatic carbocycles. The number of nitrogens with zero attached hydrogens (tertiary/aromatic N) is 7. The SMILES string of the molecule is N#Cc1cccc(N2CC3(CC(c4nnc5n4-c4ccc(Cl)cc4CN(CC(F)(F)C4COC4)C5)C3)C2)n1. The van der Waals surface area contributed by atoms with E-state index in [0.717, 1.165) is 48.8 Å². The number of anilines is 1. The van der Waals surface area contributed by atoms with Gasteiger partial charge in [-0.1, -0.05) is 17.7 Å². The zero-order chi connectivity index (χ0) is 26.1. The number of hydrogen-bond donors (Lipinski definition) is 0. The Morgan fingerprint density at radius 2 is 1.95 bits per heavy atom. The van der Waals surface area contributed by atoms with Gasteiger partial charge in [0.2, 0.25) is 0 Å². The first-order valence-corrected chi connectivity index (χ1v) is 13.2. The first-order chi connectivity index (χ1) is 18.3. The van der Waals surface area contributed by atoms with Crippen LogP contribution in [-0.2, 0) is 17.8 Å². The van der Waals surface area contributed by atoms with Crippen LogP contribution in [0.15, 0.2) is 36.4 Å². The highest BCUT2D eigenvalue weighted by atomic mass is 35.5. The molecular formula is C27H26ClF2N7O. The number of ether oxygens (including phenoxy) is 1. The summed E-state index contributed by atoms with van der Waals surface area (Å²) in [6.07, 6.45) is 1.96. The summed E-state index contributed by atoms with van der Waals surface area (Å²) in [5.74, 6) is -0.948. The van der Waals surface area contributed by atoms with Crippen molar-refractivity contribution in [1.82, 2.24) is 24.6 Å². The molecule has 3 fully saturated rings. The summed E-state index contributed by atoms with van der Waals surface area (Å²) in [5.41, 5.74) is 2.43. The second-order valence-corrected chi connectivity index (χ2v) is 11.6. The zero-order valence-corrected chi connectivity index (χ0v) is 21.4. The minimum absolute atomic E-state index is 0.101. The number of alkyl halides is 2. The van der Waals surface area contributed by atoms with Gasteiger partial charge >= 0.3 is 0 Å². The molecule has 0 N–H and O–H groups in total. The maximum absolute atomic E-state index is 14.9. The van der Waals surface area contributed by atoms with Crippen LogP contribution in [0.25, 0.3) is 5.69 Å². The molecule has 38 heavy (non-hydrogen) atoms. The van der Waals surface area contributed by atoms with E-state index >= 15 is 0 Å². The second kappa shape index (κ2) is 8.70. The van der Waals surface area contributed by atoms with Crippen molar-refractivity contribution in [3.05, 3.63) is 64.3 Å². The summed E-state index contributed by atoms with van der Waals surface area (Å²) in [5, 5.41) is 18.8. The molecule has 1 aliphatic carbocycles. The van der Waals surface area contributed by atoms with Gasteiger partial charge in [-0.05, 0) is 48.7 Å². The van der Waals surface area contributed by atoms with Crippen molar-refractivity contribution in [1.29, 1.82) is 5.26 Å².